The average molecular weight is 285 g/mol. The van der Waals surface area contributed by atoms with Crippen molar-refractivity contribution in [2.24, 2.45) is 0 Å². The van der Waals surface area contributed by atoms with Crippen molar-refractivity contribution in [1.29, 1.82) is 0 Å². The molecule has 0 aliphatic heterocycles. The van der Waals surface area contributed by atoms with Crippen LogP contribution in [0.5, 0.6) is 0 Å². The quantitative estimate of drug-likeness (QED) is 0.879. The summed E-state index contributed by atoms with van der Waals surface area (Å²) in [5.41, 5.74) is 6.47. The maximum absolute atomic E-state index is 5.77. The number of nitrogens with zero attached hydrogens (tertiary/aromatic N) is 1. The zero-order valence-corrected chi connectivity index (χ0v) is 10.2. The van der Waals surface area contributed by atoms with E-state index in [1.54, 1.807) is 18.0 Å². The molecule has 0 aliphatic carbocycles. The topological polar surface area (TPSA) is 52.0 Å². The summed E-state index contributed by atoms with van der Waals surface area (Å²) < 4.78 is 6.12. The molecule has 0 amide bonds. The van der Waals surface area contributed by atoms with Gasteiger partial charge in [-0.2, -0.15) is 0 Å². The molecule has 3 nitrogen and oxygen atoms in total. The first-order chi connectivity index (χ1) is 7.25. The van der Waals surface area contributed by atoms with Gasteiger partial charge in [-0.1, -0.05) is 11.8 Å². The second-order valence-corrected chi connectivity index (χ2v) is 4.64. The number of hydrogen-bond acceptors (Lipinski definition) is 4. The Hall–Kier alpha value is -0.940. The summed E-state index contributed by atoms with van der Waals surface area (Å²) >= 11 is 4.82. The van der Waals surface area contributed by atoms with Crippen molar-refractivity contribution in [2.75, 3.05) is 5.73 Å². The van der Waals surface area contributed by atoms with Gasteiger partial charge in [0.1, 0.15) is 10.8 Å². The number of pyridine rings is 1. The maximum atomic E-state index is 5.77. The van der Waals surface area contributed by atoms with Crippen molar-refractivity contribution in [3.8, 4) is 0 Å². The molecule has 15 heavy (non-hydrogen) atoms. The molecule has 0 fully saturated rings. The number of hydrogen-bond donors (Lipinski definition) is 1. The van der Waals surface area contributed by atoms with Crippen molar-refractivity contribution >= 4 is 33.4 Å². The Morgan fingerprint density at radius 2 is 2.27 bits per heavy atom. The van der Waals surface area contributed by atoms with Gasteiger partial charge in [0.2, 0.25) is 0 Å². The fourth-order valence-corrected chi connectivity index (χ4v) is 2.24. The lowest BCUT2D eigenvalue weighted by Gasteiger charge is -2.01. The standard InChI is InChI=1S/C10H9BrN2OS/c11-9-4-3-7(14-9)6-15-10-8(12)2-1-5-13-10/h1-5H,6,12H2. The number of rotatable bonds is 3. The van der Waals surface area contributed by atoms with Gasteiger partial charge < -0.3 is 10.2 Å². The molecule has 78 valence electrons. The van der Waals surface area contributed by atoms with Crippen LogP contribution in [0.25, 0.3) is 0 Å². The van der Waals surface area contributed by atoms with Crippen LogP contribution in [0.4, 0.5) is 5.69 Å². The highest BCUT2D eigenvalue weighted by Gasteiger charge is 2.04. The summed E-state index contributed by atoms with van der Waals surface area (Å²) in [5.74, 6) is 1.63. The third-order valence-electron chi connectivity index (χ3n) is 1.78. The molecule has 0 unspecified atom stereocenters. The molecule has 0 saturated carbocycles. The van der Waals surface area contributed by atoms with Crippen molar-refractivity contribution in [1.82, 2.24) is 4.98 Å². The van der Waals surface area contributed by atoms with Crippen LogP contribution in [-0.4, -0.2) is 4.98 Å². The lowest BCUT2D eigenvalue weighted by Crippen LogP contribution is -1.90. The Balaban J connectivity index is 2.02. The largest absolute Gasteiger partial charge is 0.453 e. The lowest BCUT2D eigenvalue weighted by atomic mass is 10.4. The van der Waals surface area contributed by atoms with E-state index in [-0.39, 0.29) is 0 Å². The van der Waals surface area contributed by atoms with E-state index in [0.29, 0.717) is 5.69 Å². The summed E-state index contributed by atoms with van der Waals surface area (Å²) in [6.45, 7) is 0. The lowest BCUT2D eigenvalue weighted by molar-refractivity contribution is 0.506. The van der Waals surface area contributed by atoms with Gasteiger partial charge in [0.25, 0.3) is 0 Å². The highest BCUT2D eigenvalue weighted by atomic mass is 79.9. The highest BCUT2D eigenvalue weighted by molar-refractivity contribution is 9.10. The van der Waals surface area contributed by atoms with Gasteiger partial charge >= 0.3 is 0 Å². The Bertz CT molecular complexity index is 458. The molecular formula is C10H9BrN2OS. The number of halogens is 1. The zero-order chi connectivity index (χ0) is 10.7. The second-order valence-electron chi connectivity index (χ2n) is 2.89. The van der Waals surface area contributed by atoms with E-state index in [9.17, 15) is 0 Å². The SMILES string of the molecule is Nc1cccnc1SCc1ccc(Br)o1. The van der Waals surface area contributed by atoms with Gasteiger partial charge in [0.15, 0.2) is 4.67 Å². The van der Waals surface area contributed by atoms with Gasteiger partial charge in [-0.15, -0.1) is 0 Å². The third kappa shape index (κ3) is 2.76. The van der Waals surface area contributed by atoms with Gasteiger partial charge in [-0.25, -0.2) is 4.98 Å². The van der Waals surface area contributed by atoms with Crippen molar-refractivity contribution < 1.29 is 4.42 Å². The zero-order valence-electron chi connectivity index (χ0n) is 7.81. The fraction of sp³-hybridized carbons (Fsp3) is 0.100. The number of nitrogens with two attached hydrogens (primary N) is 1. The predicted molar refractivity (Wildman–Crippen MR) is 64.6 cm³/mol. The van der Waals surface area contributed by atoms with E-state index in [0.717, 1.165) is 21.2 Å². The summed E-state index contributed by atoms with van der Waals surface area (Å²) in [5, 5.41) is 0.838. The first-order valence-electron chi connectivity index (χ1n) is 4.33. The third-order valence-corrected chi connectivity index (χ3v) is 3.25. The smallest absolute Gasteiger partial charge is 0.169 e. The minimum absolute atomic E-state index is 0.702. The molecule has 0 radical (unpaired) electrons. The first kappa shape index (κ1) is 10.6. The monoisotopic (exact) mass is 284 g/mol. The normalized spacial score (nSPS) is 10.5. The maximum Gasteiger partial charge on any atom is 0.169 e. The fourth-order valence-electron chi connectivity index (χ4n) is 1.09. The summed E-state index contributed by atoms with van der Waals surface area (Å²) in [4.78, 5) is 4.18. The summed E-state index contributed by atoms with van der Waals surface area (Å²) in [6, 6.07) is 7.46. The molecule has 2 N–H and O–H groups in total. The van der Waals surface area contributed by atoms with Gasteiger partial charge in [0.05, 0.1) is 11.4 Å². The minimum atomic E-state index is 0.702. The van der Waals surface area contributed by atoms with Crippen LogP contribution in [-0.2, 0) is 5.75 Å². The second kappa shape index (κ2) is 4.72. The van der Waals surface area contributed by atoms with Crippen LogP contribution in [0.2, 0.25) is 0 Å². The van der Waals surface area contributed by atoms with Crippen LogP contribution in [0, 0.1) is 0 Å². The van der Waals surface area contributed by atoms with Gasteiger partial charge in [-0.05, 0) is 40.2 Å². The highest BCUT2D eigenvalue weighted by Crippen LogP contribution is 2.27. The van der Waals surface area contributed by atoms with Crippen LogP contribution >= 0.6 is 27.7 Å². The molecule has 0 aliphatic rings. The molecule has 0 bridgehead atoms. The molecule has 2 rings (SSSR count). The van der Waals surface area contributed by atoms with Crippen LogP contribution in [0.3, 0.4) is 0 Å². The molecule has 0 aromatic carbocycles. The Morgan fingerprint density at radius 3 is 2.93 bits per heavy atom. The van der Waals surface area contributed by atoms with Crippen molar-refractivity contribution in [2.45, 2.75) is 10.8 Å². The van der Waals surface area contributed by atoms with Crippen LogP contribution < -0.4 is 5.73 Å². The average Bonchev–Trinajstić information content (AvgIpc) is 2.63. The number of furan rings is 1. The summed E-state index contributed by atoms with van der Waals surface area (Å²) in [7, 11) is 0. The molecule has 0 atom stereocenters. The molecular weight excluding hydrogens is 276 g/mol. The minimum Gasteiger partial charge on any atom is -0.453 e. The van der Waals surface area contributed by atoms with E-state index in [4.69, 9.17) is 10.2 Å². The van der Waals surface area contributed by atoms with E-state index >= 15 is 0 Å². The van der Waals surface area contributed by atoms with Crippen molar-refractivity contribution in [3.63, 3.8) is 0 Å². The Morgan fingerprint density at radius 1 is 1.40 bits per heavy atom. The Kier molecular flexibility index (Phi) is 3.33. The summed E-state index contributed by atoms with van der Waals surface area (Å²) in [6.07, 6.45) is 1.73. The van der Waals surface area contributed by atoms with Gasteiger partial charge in [0, 0.05) is 6.20 Å². The van der Waals surface area contributed by atoms with Gasteiger partial charge in [-0.3, -0.25) is 0 Å². The molecule has 2 aromatic heterocycles. The predicted octanol–water partition coefficient (Wildman–Crippen LogP) is 3.31. The van der Waals surface area contributed by atoms with Crippen LogP contribution in [0.15, 0.2) is 44.6 Å². The van der Waals surface area contributed by atoms with E-state index < -0.39 is 0 Å². The number of anilines is 1. The number of aromatic nitrogens is 1. The van der Waals surface area contributed by atoms with Crippen molar-refractivity contribution in [3.05, 3.63) is 40.9 Å². The first-order valence-corrected chi connectivity index (χ1v) is 6.11. The number of thioether (sulfide) groups is 1. The van der Waals surface area contributed by atoms with E-state index in [1.165, 1.54) is 0 Å². The molecule has 5 heteroatoms. The molecule has 2 aromatic rings. The van der Waals surface area contributed by atoms with Crippen LogP contribution in [0.1, 0.15) is 5.76 Å². The molecule has 0 saturated heterocycles. The Labute approximate surface area is 100 Å². The molecule has 2 heterocycles. The van der Waals surface area contributed by atoms with E-state index in [1.807, 2.05) is 24.3 Å². The molecule has 0 spiro atoms. The number of nitrogen functional groups attached to an aromatic ring is 1. The van der Waals surface area contributed by atoms with E-state index in [2.05, 4.69) is 20.9 Å².